The molecule has 0 saturated carbocycles. The molecule has 0 bridgehead atoms. The predicted molar refractivity (Wildman–Crippen MR) is 53.4 cm³/mol. The number of ether oxygens (including phenoxy) is 1. The van der Waals surface area contributed by atoms with Crippen molar-refractivity contribution < 1.29 is 9.84 Å². The first-order valence-corrected chi connectivity index (χ1v) is 4.46. The van der Waals surface area contributed by atoms with Gasteiger partial charge in [-0.05, 0) is 19.4 Å². The van der Waals surface area contributed by atoms with E-state index in [0.717, 1.165) is 5.56 Å². The minimum atomic E-state index is -0.568. The second-order valence-corrected chi connectivity index (χ2v) is 3.37. The Morgan fingerprint density at radius 3 is 2.54 bits per heavy atom. The molecule has 1 rings (SSSR count). The summed E-state index contributed by atoms with van der Waals surface area (Å²) in [6.45, 7) is 3.59. The third-order valence-electron chi connectivity index (χ3n) is 1.98. The van der Waals surface area contributed by atoms with E-state index in [1.807, 2.05) is 19.1 Å². The maximum absolute atomic E-state index is 9.38. The van der Waals surface area contributed by atoms with Crippen LogP contribution >= 0.6 is 11.6 Å². The lowest BCUT2D eigenvalue weighted by Crippen LogP contribution is -1.96. The van der Waals surface area contributed by atoms with E-state index in [4.69, 9.17) is 16.3 Å². The first-order valence-electron chi connectivity index (χ1n) is 4.09. The van der Waals surface area contributed by atoms with Gasteiger partial charge in [0.2, 0.25) is 0 Å². The largest absolute Gasteiger partial charge is 0.495 e. The summed E-state index contributed by atoms with van der Waals surface area (Å²) in [5.41, 5.74) is 1.67. The lowest BCUT2D eigenvalue weighted by atomic mass is 10.1. The molecule has 0 aliphatic rings. The Morgan fingerprint density at radius 1 is 1.46 bits per heavy atom. The fraction of sp³-hybridized carbons (Fsp3) is 0.400. The Morgan fingerprint density at radius 2 is 2.08 bits per heavy atom. The van der Waals surface area contributed by atoms with Gasteiger partial charge in [-0.2, -0.15) is 0 Å². The average Bonchev–Trinajstić information content (AvgIpc) is 2.04. The Labute approximate surface area is 83.1 Å². The second-order valence-electron chi connectivity index (χ2n) is 2.99. The lowest BCUT2D eigenvalue weighted by Gasteiger charge is -2.12. The van der Waals surface area contributed by atoms with Crippen LogP contribution in [-0.4, -0.2) is 12.2 Å². The zero-order chi connectivity index (χ0) is 10.0. The van der Waals surface area contributed by atoms with E-state index in [-0.39, 0.29) is 0 Å². The number of aryl methyl sites for hydroxylation is 1. The van der Waals surface area contributed by atoms with Gasteiger partial charge in [0.15, 0.2) is 0 Å². The number of aliphatic hydroxyl groups excluding tert-OH is 1. The van der Waals surface area contributed by atoms with E-state index in [2.05, 4.69) is 0 Å². The molecule has 1 aromatic rings. The molecule has 0 heterocycles. The summed E-state index contributed by atoms with van der Waals surface area (Å²) in [6.07, 6.45) is -0.568. The molecular formula is C10H13ClO2. The van der Waals surface area contributed by atoms with Gasteiger partial charge in [-0.1, -0.05) is 23.7 Å². The van der Waals surface area contributed by atoms with Crippen molar-refractivity contribution in [2.24, 2.45) is 0 Å². The number of methoxy groups -OCH3 is 1. The standard InChI is InChI=1S/C10H13ClO2/c1-6-4-5-8(7(2)12)9(11)10(6)13-3/h4-5,7,12H,1-3H3. The fourth-order valence-corrected chi connectivity index (χ4v) is 1.69. The van der Waals surface area contributed by atoms with Crippen LogP contribution in [0.5, 0.6) is 5.75 Å². The highest BCUT2D eigenvalue weighted by atomic mass is 35.5. The van der Waals surface area contributed by atoms with Crippen LogP contribution < -0.4 is 4.74 Å². The maximum Gasteiger partial charge on any atom is 0.140 e. The predicted octanol–water partition coefficient (Wildman–Crippen LogP) is 2.71. The van der Waals surface area contributed by atoms with Gasteiger partial charge in [0.1, 0.15) is 5.75 Å². The fourth-order valence-electron chi connectivity index (χ4n) is 1.24. The van der Waals surface area contributed by atoms with Gasteiger partial charge in [0.05, 0.1) is 18.2 Å². The van der Waals surface area contributed by atoms with Crippen molar-refractivity contribution >= 4 is 11.6 Å². The summed E-state index contributed by atoms with van der Waals surface area (Å²) in [5.74, 6) is 0.639. The number of benzene rings is 1. The molecule has 13 heavy (non-hydrogen) atoms. The molecule has 1 unspecified atom stereocenters. The van der Waals surface area contributed by atoms with Gasteiger partial charge < -0.3 is 9.84 Å². The van der Waals surface area contributed by atoms with Crippen molar-refractivity contribution in [2.75, 3.05) is 7.11 Å². The van der Waals surface area contributed by atoms with E-state index < -0.39 is 6.10 Å². The Bertz CT molecular complexity index is 308. The summed E-state index contributed by atoms with van der Waals surface area (Å²) in [7, 11) is 1.57. The molecule has 0 radical (unpaired) electrons. The Balaban J connectivity index is 3.27. The van der Waals surface area contributed by atoms with E-state index in [9.17, 15) is 5.11 Å². The highest BCUT2D eigenvalue weighted by Gasteiger charge is 2.12. The van der Waals surface area contributed by atoms with E-state index >= 15 is 0 Å². The van der Waals surface area contributed by atoms with Crippen LogP contribution in [0.1, 0.15) is 24.2 Å². The summed E-state index contributed by atoms with van der Waals surface area (Å²) < 4.78 is 5.12. The normalized spacial score (nSPS) is 12.7. The molecular weight excluding hydrogens is 188 g/mol. The quantitative estimate of drug-likeness (QED) is 0.796. The van der Waals surface area contributed by atoms with E-state index in [1.54, 1.807) is 14.0 Å². The van der Waals surface area contributed by atoms with Crippen molar-refractivity contribution in [3.05, 3.63) is 28.3 Å². The van der Waals surface area contributed by atoms with Crippen LogP contribution in [0.2, 0.25) is 5.02 Å². The second kappa shape index (κ2) is 3.99. The van der Waals surface area contributed by atoms with Crippen LogP contribution in [0, 0.1) is 6.92 Å². The van der Waals surface area contributed by atoms with E-state index in [0.29, 0.717) is 16.3 Å². The zero-order valence-corrected chi connectivity index (χ0v) is 8.72. The highest BCUT2D eigenvalue weighted by Crippen LogP contribution is 2.34. The first-order chi connectivity index (χ1) is 6.07. The SMILES string of the molecule is COc1c(C)ccc(C(C)O)c1Cl. The van der Waals surface area contributed by atoms with Crippen molar-refractivity contribution in [3.8, 4) is 5.75 Å². The monoisotopic (exact) mass is 200 g/mol. The molecule has 0 saturated heterocycles. The van der Waals surface area contributed by atoms with Crippen LogP contribution in [0.15, 0.2) is 12.1 Å². The molecule has 1 N–H and O–H groups in total. The Hall–Kier alpha value is -0.730. The Kier molecular flexibility index (Phi) is 3.17. The molecule has 0 amide bonds. The lowest BCUT2D eigenvalue weighted by molar-refractivity contribution is 0.199. The van der Waals surface area contributed by atoms with Crippen molar-refractivity contribution in [3.63, 3.8) is 0 Å². The molecule has 0 aromatic heterocycles. The van der Waals surface area contributed by atoms with Crippen molar-refractivity contribution in [2.45, 2.75) is 20.0 Å². The van der Waals surface area contributed by atoms with Crippen LogP contribution in [-0.2, 0) is 0 Å². The molecule has 0 spiro atoms. The van der Waals surface area contributed by atoms with Crippen LogP contribution in [0.25, 0.3) is 0 Å². The van der Waals surface area contributed by atoms with Crippen molar-refractivity contribution in [1.82, 2.24) is 0 Å². The highest BCUT2D eigenvalue weighted by molar-refractivity contribution is 6.33. The van der Waals surface area contributed by atoms with Crippen LogP contribution in [0.4, 0.5) is 0 Å². The molecule has 72 valence electrons. The minimum Gasteiger partial charge on any atom is -0.495 e. The van der Waals surface area contributed by atoms with Crippen LogP contribution in [0.3, 0.4) is 0 Å². The summed E-state index contributed by atoms with van der Waals surface area (Å²) in [4.78, 5) is 0. The molecule has 3 heteroatoms. The molecule has 1 aromatic carbocycles. The number of aliphatic hydroxyl groups is 1. The molecule has 2 nitrogen and oxygen atoms in total. The molecule has 1 atom stereocenters. The number of halogens is 1. The summed E-state index contributed by atoms with van der Waals surface area (Å²) in [6, 6.07) is 3.69. The molecule has 0 aliphatic heterocycles. The first kappa shape index (κ1) is 10.4. The third-order valence-corrected chi connectivity index (χ3v) is 2.37. The van der Waals surface area contributed by atoms with Gasteiger partial charge in [-0.15, -0.1) is 0 Å². The van der Waals surface area contributed by atoms with E-state index in [1.165, 1.54) is 0 Å². The zero-order valence-electron chi connectivity index (χ0n) is 7.97. The topological polar surface area (TPSA) is 29.5 Å². The smallest absolute Gasteiger partial charge is 0.140 e. The summed E-state index contributed by atoms with van der Waals surface area (Å²) >= 11 is 6.02. The maximum atomic E-state index is 9.38. The summed E-state index contributed by atoms with van der Waals surface area (Å²) in [5, 5.41) is 9.87. The average molecular weight is 201 g/mol. The number of hydrogen-bond donors (Lipinski definition) is 1. The molecule has 0 fully saturated rings. The van der Waals surface area contributed by atoms with Gasteiger partial charge in [-0.3, -0.25) is 0 Å². The van der Waals surface area contributed by atoms with Gasteiger partial charge in [-0.25, -0.2) is 0 Å². The number of hydrogen-bond acceptors (Lipinski definition) is 2. The minimum absolute atomic E-state index is 0.498. The molecule has 0 aliphatic carbocycles. The van der Waals surface area contributed by atoms with Gasteiger partial charge >= 0.3 is 0 Å². The third kappa shape index (κ3) is 1.95. The van der Waals surface area contributed by atoms with Gasteiger partial charge in [0, 0.05) is 5.56 Å². The van der Waals surface area contributed by atoms with Crippen molar-refractivity contribution in [1.29, 1.82) is 0 Å². The number of rotatable bonds is 2. The van der Waals surface area contributed by atoms with Gasteiger partial charge in [0.25, 0.3) is 0 Å².